The Labute approximate surface area is 206 Å². The van der Waals surface area contributed by atoms with Crippen molar-refractivity contribution in [2.45, 2.75) is 39.2 Å². The van der Waals surface area contributed by atoms with Crippen molar-refractivity contribution in [1.82, 2.24) is 20.0 Å². The van der Waals surface area contributed by atoms with Crippen LogP contribution in [0, 0.1) is 6.92 Å². The molecule has 0 spiro atoms. The van der Waals surface area contributed by atoms with Crippen LogP contribution in [-0.4, -0.2) is 52.1 Å². The van der Waals surface area contributed by atoms with E-state index in [1.54, 1.807) is 18.3 Å². The Hall–Kier alpha value is -3.30. The zero-order valence-corrected chi connectivity index (χ0v) is 20.5. The highest BCUT2D eigenvalue weighted by atomic mass is 32.1. The van der Waals surface area contributed by atoms with Gasteiger partial charge in [-0.3, -0.25) is 9.59 Å². The summed E-state index contributed by atoms with van der Waals surface area (Å²) in [4.78, 5) is 39.5. The Kier molecular flexibility index (Phi) is 5.74. The number of fused-ring (bicyclic) bond motifs is 3. The SMILES string of the molecule is Cc1onc(-c2ccccc2)c1C(=O)N1CC[NH+](Cc2nc3sc4c(c3c(=O)[nH]2)CCCC4)CC1. The number of benzene rings is 1. The summed E-state index contributed by atoms with van der Waals surface area (Å²) in [5.41, 5.74) is 3.22. The lowest BCUT2D eigenvalue weighted by atomic mass is 9.97. The molecule has 0 radical (unpaired) electrons. The number of aromatic nitrogens is 3. The van der Waals surface area contributed by atoms with Gasteiger partial charge in [0.2, 0.25) is 0 Å². The van der Waals surface area contributed by atoms with Gasteiger partial charge in [0, 0.05) is 10.4 Å². The van der Waals surface area contributed by atoms with Crippen molar-refractivity contribution in [3.8, 4) is 11.3 Å². The van der Waals surface area contributed by atoms with E-state index < -0.39 is 0 Å². The van der Waals surface area contributed by atoms with Gasteiger partial charge in [0.05, 0.1) is 31.6 Å². The summed E-state index contributed by atoms with van der Waals surface area (Å²) in [5.74, 6) is 1.23. The van der Waals surface area contributed by atoms with Crippen LogP contribution in [0.5, 0.6) is 0 Å². The molecular weight excluding hydrogens is 462 g/mol. The molecule has 2 N–H and O–H groups in total. The molecule has 4 aromatic rings. The van der Waals surface area contributed by atoms with E-state index in [0.717, 1.165) is 54.0 Å². The van der Waals surface area contributed by atoms with Crippen LogP contribution in [0.2, 0.25) is 0 Å². The molecule has 0 saturated carbocycles. The molecule has 9 heteroatoms. The first-order valence-corrected chi connectivity index (χ1v) is 13.1. The van der Waals surface area contributed by atoms with E-state index in [1.165, 1.54) is 21.8 Å². The molecule has 6 rings (SSSR count). The summed E-state index contributed by atoms with van der Waals surface area (Å²) < 4.78 is 5.39. The second-order valence-electron chi connectivity index (χ2n) is 9.45. The van der Waals surface area contributed by atoms with E-state index in [1.807, 2.05) is 35.2 Å². The highest BCUT2D eigenvalue weighted by molar-refractivity contribution is 7.18. The van der Waals surface area contributed by atoms with Gasteiger partial charge in [0.15, 0.2) is 5.82 Å². The molecule has 1 aliphatic carbocycles. The number of rotatable bonds is 4. The molecule has 1 saturated heterocycles. The van der Waals surface area contributed by atoms with E-state index in [9.17, 15) is 9.59 Å². The highest BCUT2D eigenvalue weighted by Gasteiger charge is 2.30. The lowest BCUT2D eigenvalue weighted by Crippen LogP contribution is -3.13. The number of hydrogen-bond donors (Lipinski definition) is 2. The maximum Gasteiger partial charge on any atom is 0.260 e. The molecule has 0 bridgehead atoms. The molecule has 2 aliphatic rings. The fraction of sp³-hybridized carbons (Fsp3) is 0.385. The maximum atomic E-state index is 13.4. The lowest BCUT2D eigenvalue weighted by Gasteiger charge is -2.32. The van der Waals surface area contributed by atoms with Crippen molar-refractivity contribution in [2.75, 3.05) is 26.2 Å². The van der Waals surface area contributed by atoms with Gasteiger partial charge >= 0.3 is 0 Å². The molecule has 1 amide bonds. The van der Waals surface area contributed by atoms with Crippen LogP contribution in [0.25, 0.3) is 21.5 Å². The number of thiophene rings is 1. The van der Waals surface area contributed by atoms with Crippen LogP contribution in [0.4, 0.5) is 0 Å². The molecule has 35 heavy (non-hydrogen) atoms. The van der Waals surface area contributed by atoms with Gasteiger partial charge in [-0.1, -0.05) is 35.5 Å². The molecule has 180 valence electrons. The van der Waals surface area contributed by atoms with Gasteiger partial charge < -0.3 is 19.3 Å². The molecule has 1 fully saturated rings. The van der Waals surface area contributed by atoms with Crippen LogP contribution in [0.15, 0.2) is 39.6 Å². The van der Waals surface area contributed by atoms with Crippen LogP contribution < -0.4 is 10.5 Å². The van der Waals surface area contributed by atoms with Crippen LogP contribution in [0.3, 0.4) is 0 Å². The molecule has 0 unspecified atom stereocenters. The third kappa shape index (κ3) is 4.08. The largest absolute Gasteiger partial charge is 0.360 e. The third-order valence-corrected chi connectivity index (χ3v) is 8.36. The van der Waals surface area contributed by atoms with Gasteiger partial charge in [0.1, 0.15) is 28.4 Å². The second kappa shape index (κ2) is 9.05. The number of hydrogen-bond acceptors (Lipinski definition) is 6. The minimum Gasteiger partial charge on any atom is -0.360 e. The molecule has 1 aromatic carbocycles. The molecule has 0 atom stereocenters. The molecule has 4 heterocycles. The summed E-state index contributed by atoms with van der Waals surface area (Å²) in [6.07, 6.45) is 4.38. The van der Waals surface area contributed by atoms with E-state index in [0.29, 0.717) is 36.7 Å². The zero-order valence-electron chi connectivity index (χ0n) is 19.7. The summed E-state index contributed by atoms with van der Waals surface area (Å²) >= 11 is 1.69. The van der Waals surface area contributed by atoms with E-state index in [4.69, 9.17) is 9.51 Å². The number of carbonyl (C=O) groups is 1. The highest BCUT2D eigenvalue weighted by Crippen LogP contribution is 2.33. The number of amides is 1. The van der Waals surface area contributed by atoms with Crippen molar-refractivity contribution >= 4 is 27.5 Å². The Bertz CT molecular complexity index is 1450. The van der Waals surface area contributed by atoms with Crippen molar-refractivity contribution in [3.05, 3.63) is 68.3 Å². The fourth-order valence-corrected chi connectivity index (χ4v) is 6.59. The van der Waals surface area contributed by atoms with Gasteiger partial charge in [-0.05, 0) is 38.2 Å². The lowest BCUT2D eigenvalue weighted by molar-refractivity contribution is -0.918. The smallest absolute Gasteiger partial charge is 0.260 e. The molecular formula is C26H28N5O3S+. The Morgan fingerprint density at radius 3 is 2.74 bits per heavy atom. The normalized spacial score (nSPS) is 16.5. The van der Waals surface area contributed by atoms with Crippen LogP contribution in [-0.2, 0) is 19.4 Å². The summed E-state index contributed by atoms with van der Waals surface area (Å²) in [5, 5.41) is 4.96. The fourth-order valence-electron chi connectivity index (χ4n) is 5.31. The zero-order chi connectivity index (χ0) is 23.9. The molecule has 8 nitrogen and oxygen atoms in total. The number of aromatic amines is 1. The minimum atomic E-state index is -0.0428. The summed E-state index contributed by atoms with van der Waals surface area (Å²) in [7, 11) is 0. The number of nitrogens with one attached hydrogen (secondary N) is 2. The Balaban J connectivity index is 1.15. The van der Waals surface area contributed by atoms with Crippen molar-refractivity contribution in [2.24, 2.45) is 0 Å². The standard InChI is InChI=1S/C26H27N5O3S/c1-16-21(23(29-34-16)17-7-3-2-4-8-17)26(33)31-13-11-30(12-14-31)15-20-27-24(32)22-18-9-5-6-10-19(18)35-25(22)28-20/h2-4,7-8H,5-6,9-15H2,1H3,(H,27,28,32)/p+1. The third-order valence-electron chi connectivity index (χ3n) is 7.17. The average molecular weight is 491 g/mol. The van der Waals surface area contributed by atoms with Crippen molar-refractivity contribution in [1.29, 1.82) is 0 Å². The van der Waals surface area contributed by atoms with Crippen LogP contribution >= 0.6 is 11.3 Å². The van der Waals surface area contributed by atoms with Crippen LogP contribution in [0.1, 0.15) is 45.2 Å². The summed E-state index contributed by atoms with van der Waals surface area (Å²) in [6, 6.07) is 9.66. The number of aryl methyl sites for hydroxylation is 3. The van der Waals surface area contributed by atoms with Gasteiger partial charge in [-0.15, -0.1) is 11.3 Å². The number of piperazine rings is 1. The predicted molar refractivity (Wildman–Crippen MR) is 134 cm³/mol. The first-order chi connectivity index (χ1) is 17.1. The monoisotopic (exact) mass is 490 g/mol. The Morgan fingerprint density at radius 2 is 1.94 bits per heavy atom. The number of nitrogens with zero attached hydrogens (tertiary/aromatic N) is 3. The quantitative estimate of drug-likeness (QED) is 0.458. The Morgan fingerprint density at radius 1 is 1.17 bits per heavy atom. The number of H-pyrrole nitrogens is 1. The summed E-state index contributed by atoms with van der Waals surface area (Å²) in [6.45, 7) is 5.28. The van der Waals surface area contributed by atoms with Crippen molar-refractivity contribution in [3.63, 3.8) is 0 Å². The minimum absolute atomic E-state index is 0.00557. The van der Waals surface area contributed by atoms with Crippen molar-refractivity contribution < 1.29 is 14.2 Å². The first kappa shape index (κ1) is 22.2. The predicted octanol–water partition coefficient (Wildman–Crippen LogP) is 2.37. The second-order valence-corrected chi connectivity index (χ2v) is 10.5. The van der Waals surface area contributed by atoms with E-state index in [-0.39, 0.29) is 11.5 Å². The average Bonchev–Trinajstić information content (AvgIpc) is 3.45. The number of carbonyl (C=O) groups excluding carboxylic acids is 1. The van der Waals surface area contributed by atoms with Gasteiger partial charge in [-0.2, -0.15) is 0 Å². The number of quaternary nitrogens is 1. The van der Waals surface area contributed by atoms with E-state index >= 15 is 0 Å². The molecule has 3 aromatic heterocycles. The topological polar surface area (TPSA) is 96.5 Å². The van der Waals surface area contributed by atoms with Gasteiger partial charge in [-0.25, -0.2) is 4.98 Å². The van der Waals surface area contributed by atoms with E-state index in [2.05, 4.69) is 10.1 Å². The first-order valence-electron chi connectivity index (χ1n) is 12.3. The van der Waals surface area contributed by atoms with Gasteiger partial charge in [0.25, 0.3) is 11.5 Å². The maximum absolute atomic E-state index is 13.4. The molecule has 1 aliphatic heterocycles.